The first-order chi connectivity index (χ1) is 11.9. The molecule has 154 valence electrons. The van der Waals surface area contributed by atoms with Crippen molar-refractivity contribution < 1.29 is 13.2 Å². The number of hydrogen-bond donors (Lipinski definition) is 1. The van der Waals surface area contributed by atoms with Crippen LogP contribution in [-0.2, 0) is 14.8 Å². The van der Waals surface area contributed by atoms with E-state index in [-0.39, 0.29) is 36.8 Å². The second-order valence-corrected chi connectivity index (χ2v) is 10.2. The zero-order valence-corrected chi connectivity index (χ0v) is 18.4. The lowest BCUT2D eigenvalue weighted by Gasteiger charge is -2.37. The number of nitrogens with zero attached hydrogens (tertiary/aromatic N) is 2. The monoisotopic (exact) mass is 417 g/mol. The maximum atomic E-state index is 12.8. The predicted molar refractivity (Wildman–Crippen MR) is 111 cm³/mol. The van der Waals surface area contributed by atoms with Gasteiger partial charge in [0.25, 0.3) is 0 Å². The number of hydrogen-bond acceptors (Lipinski definition) is 4. The van der Waals surface area contributed by atoms with Crippen molar-refractivity contribution in [3.8, 4) is 0 Å². The van der Waals surface area contributed by atoms with E-state index in [1.165, 1.54) is 4.31 Å². The quantitative estimate of drug-likeness (QED) is 0.815. The molecule has 1 aromatic rings. The Morgan fingerprint density at radius 2 is 1.52 bits per heavy atom. The van der Waals surface area contributed by atoms with Gasteiger partial charge in [-0.25, -0.2) is 8.42 Å². The van der Waals surface area contributed by atoms with Gasteiger partial charge in [-0.1, -0.05) is 46.8 Å². The number of carbonyl (C=O) groups is 1. The molecule has 0 aromatic heterocycles. The number of carbonyl (C=O) groups excluding carboxylic acids is 1. The van der Waals surface area contributed by atoms with Crippen molar-refractivity contribution in [1.29, 1.82) is 0 Å². The van der Waals surface area contributed by atoms with Crippen LogP contribution in [0.4, 0.5) is 0 Å². The molecule has 2 rings (SSSR count). The third-order valence-corrected chi connectivity index (χ3v) is 6.85. The molecule has 27 heavy (non-hydrogen) atoms. The topological polar surface area (TPSA) is 83.7 Å². The second kappa shape index (κ2) is 8.90. The van der Waals surface area contributed by atoms with E-state index in [0.717, 1.165) is 5.56 Å². The zero-order valence-electron chi connectivity index (χ0n) is 16.8. The van der Waals surface area contributed by atoms with Crippen LogP contribution in [0.1, 0.15) is 46.1 Å². The number of rotatable bonds is 4. The lowest BCUT2D eigenvalue weighted by Crippen LogP contribution is -2.56. The Balaban J connectivity index is 0.00000364. The lowest BCUT2D eigenvalue weighted by molar-refractivity contribution is -0.136. The van der Waals surface area contributed by atoms with Gasteiger partial charge in [0.2, 0.25) is 15.9 Å². The van der Waals surface area contributed by atoms with E-state index in [1.807, 2.05) is 32.9 Å². The number of piperazine rings is 1. The highest BCUT2D eigenvalue weighted by molar-refractivity contribution is 7.89. The molecule has 1 aromatic carbocycles. The largest absolute Gasteiger partial charge is 0.339 e. The summed E-state index contributed by atoms with van der Waals surface area (Å²) in [6.45, 7) is 11.2. The van der Waals surface area contributed by atoms with Crippen LogP contribution in [0, 0.1) is 5.41 Å². The van der Waals surface area contributed by atoms with Gasteiger partial charge in [-0.15, -0.1) is 12.4 Å². The normalized spacial score (nSPS) is 17.5. The first-order valence-electron chi connectivity index (χ1n) is 9.09. The summed E-state index contributed by atoms with van der Waals surface area (Å²) < 4.78 is 27.1. The van der Waals surface area contributed by atoms with E-state index in [2.05, 4.69) is 13.8 Å². The molecule has 1 aliphatic rings. The molecule has 0 aliphatic carbocycles. The molecule has 1 heterocycles. The summed E-state index contributed by atoms with van der Waals surface area (Å²) in [6.07, 6.45) is 0. The van der Waals surface area contributed by atoms with Gasteiger partial charge in [0.15, 0.2) is 0 Å². The van der Waals surface area contributed by atoms with E-state index < -0.39 is 16.1 Å². The van der Waals surface area contributed by atoms with Crippen molar-refractivity contribution in [2.24, 2.45) is 11.1 Å². The van der Waals surface area contributed by atoms with Crippen molar-refractivity contribution in [1.82, 2.24) is 9.21 Å². The SMILES string of the molecule is CC(C)c1ccc(S(=O)(=O)N2CCN(C(=O)[C@@H](N)C(C)(C)C)CC2)cc1.Cl. The first-order valence-corrected chi connectivity index (χ1v) is 10.5. The summed E-state index contributed by atoms with van der Waals surface area (Å²) in [5.41, 5.74) is 6.84. The molecule has 0 spiro atoms. The highest BCUT2D eigenvalue weighted by atomic mass is 35.5. The highest BCUT2D eigenvalue weighted by Gasteiger charge is 2.35. The molecule has 8 heteroatoms. The Kier molecular flexibility index (Phi) is 7.88. The molecule has 1 fully saturated rings. The maximum Gasteiger partial charge on any atom is 0.243 e. The van der Waals surface area contributed by atoms with E-state index in [4.69, 9.17) is 5.73 Å². The van der Waals surface area contributed by atoms with Gasteiger partial charge in [0.1, 0.15) is 0 Å². The van der Waals surface area contributed by atoms with Crippen LogP contribution in [0.2, 0.25) is 0 Å². The maximum absolute atomic E-state index is 12.8. The van der Waals surface area contributed by atoms with Crippen molar-refractivity contribution >= 4 is 28.3 Å². The van der Waals surface area contributed by atoms with Crippen molar-refractivity contribution in [3.63, 3.8) is 0 Å². The number of halogens is 1. The molecule has 1 atom stereocenters. The van der Waals surface area contributed by atoms with Crippen LogP contribution >= 0.6 is 12.4 Å². The van der Waals surface area contributed by atoms with Crippen LogP contribution < -0.4 is 5.73 Å². The minimum Gasteiger partial charge on any atom is -0.339 e. The summed E-state index contributed by atoms with van der Waals surface area (Å²) >= 11 is 0. The summed E-state index contributed by atoms with van der Waals surface area (Å²) in [7, 11) is -3.54. The van der Waals surface area contributed by atoms with Crippen LogP contribution in [-0.4, -0.2) is 55.8 Å². The Bertz CT molecular complexity index is 734. The Morgan fingerprint density at radius 1 is 1.04 bits per heavy atom. The van der Waals surface area contributed by atoms with Gasteiger partial charge in [-0.2, -0.15) is 4.31 Å². The number of nitrogens with two attached hydrogens (primary N) is 1. The summed E-state index contributed by atoms with van der Waals surface area (Å²) in [5.74, 6) is 0.240. The van der Waals surface area contributed by atoms with Crippen LogP contribution in [0.15, 0.2) is 29.2 Å². The van der Waals surface area contributed by atoms with Gasteiger partial charge in [-0.3, -0.25) is 4.79 Å². The average Bonchev–Trinajstić information content (AvgIpc) is 2.59. The van der Waals surface area contributed by atoms with Gasteiger partial charge in [0, 0.05) is 26.2 Å². The third-order valence-electron chi connectivity index (χ3n) is 4.93. The van der Waals surface area contributed by atoms with Crippen molar-refractivity contribution in [2.45, 2.75) is 51.5 Å². The Labute approximate surface area is 169 Å². The van der Waals surface area contributed by atoms with Crippen LogP contribution in [0.5, 0.6) is 0 Å². The molecule has 1 aliphatic heterocycles. The average molecular weight is 418 g/mol. The van der Waals surface area contributed by atoms with E-state index in [0.29, 0.717) is 23.9 Å². The molecule has 0 saturated carbocycles. The van der Waals surface area contributed by atoms with E-state index >= 15 is 0 Å². The van der Waals surface area contributed by atoms with Gasteiger partial charge in [0.05, 0.1) is 10.9 Å². The molecule has 0 bridgehead atoms. The molecule has 2 N–H and O–H groups in total. The smallest absolute Gasteiger partial charge is 0.243 e. The molecule has 1 amide bonds. The summed E-state index contributed by atoms with van der Waals surface area (Å²) in [4.78, 5) is 14.5. The third kappa shape index (κ3) is 5.44. The molecule has 0 unspecified atom stereocenters. The Morgan fingerprint density at radius 3 is 1.93 bits per heavy atom. The van der Waals surface area contributed by atoms with E-state index in [9.17, 15) is 13.2 Å². The molecular weight excluding hydrogens is 386 g/mol. The molecule has 1 saturated heterocycles. The first kappa shape index (κ1) is 23.9. The van der Waals surface area contributed by atoms with E-state index in [1.54, 1.807) is 17.0 Å². The summed E-state index contributed by atoms with van der Waals surface area (Å²) in [6, 6.07) is 6.46. The minimum absolute atomic E-state index is 0. The van der Waals surface area contributed by atoms with Crippen LogP contribution in [0.3, 0.4) is 0 Å². The molecule has 0 radical (unpaired) electrons. The van der Waals surface area contributed by atoms with Gasteiger partial charge < -0.3 is 10.6 Å². The predicted octanol–water partition coefficient (Wildman–Crippen LogP) is 2.44. The highest BCUT2D eigenvalue weighted by Crippen LogP contribution is 2.23. The minimum atomic E-state index is -3.54. The second-order valence-electron chi connectivity index (χ2n) is 8.30. The van der Waals surface area contributed by atoms with Crippen molar-refractivity contribution in [2.75, 3.05) is 26.2 Å². The number of amides is 1. The number of sulfonamides is 1. The fourth-order valence-corrected chi connectivity index (χ4v) is 4.31. The van der Waals surface area contributed by atoms with Gasteiger partial charge in [-0.05, 0) is 29.0 Å². The zero-order chi connectivity index (χ0) is 19.7. The molecular formula is C19H32ClN3O3S. The fourth-order valence-electron chi connectivity index (χ4n) is 2.89. The summed E-state index contributed by atoms with van der Waals surface area (Å²) in [5, 5.41) is 0. The van der Waals surface area contributed by atoms with Crippen molar-refractivity contribution in [3.05, 3.63) is 29.8 Å². The Hall–Kier alpha value is -1.15. The van der Waals surface area contributed by atoms with Crippen LogP contribution in [0.25, 0.3) is 0 Å². The van der Waals surface area contributed by atoms with Gasteiger partial charge >= 0.3 is 0 Å². The standard InChI is InChI=1S/C19H31N3O3S.ClH/c1-14(2)15-6-8-16(9-7-15)26(24,25)22-12-10-21(11-13-22)18(23)17(20)19(3,4)5;/h6-9,14,17H,10-13,20H2,1-5H3;1H/t17-;/m1./s1. The molecule has 6 nitrogen and oxygen atoms in total. The lowest BCUT2D eigenvalue weighted by atomic mass is 9.86. The fraction of sp³-hybridized carbons (Fsp3) is 0.632. The number of benzene rings is 1.